The third-order valence-electron chi connectivity index (χ3n) is 2.71. The van der Waals surface area contributed by atoms with Crippen molar-refractivity contribution in [2.75, 3.05) is 0 Å². The van der Waals surface area contributed by atoms with Crippen LogP contribution in [0.15, 0.2) is 42.5 Å². The molecule has 0 fully saturated rings. The van der Waals surface area contributed by atoms with Crippen molar-refractivity contribution in [1.29, 1.82) is 0 Å². The van der Waals surface area contributed by atoms with Crippen molar-refractivity contribution in [1.82, 2.24) is 14.6 Å². The Hall–Kier alpha value is -2.40. The van der Waals surface area contributed by atoms with Crippen molar-refractivity contribution in [2.45, 2.75) is 0 Å². The molecule has 2 heterocycles. The number of carboxylic acids is 1. The van der Waals surface area contributed by atoms with Gasteiger partial charge in [-0.25, -0.2) is 14.3 Å². The number of rotatable bonds is 2. The maximum absolute atomic E-state index is 11.2. The van der Waals surface area contributed by atoms with E-state index in [1.807, 2.05) is 0 Å². The SMILES string of the molecule is O=C(O)c1ccccc1-c1nc2cccc(Cl)n2n1. The second kappa shape index (κ2) is 4.37. The fourth-order valence-corrected chi connectivity index (χ4v) is 2.05. The molecule has 0 aliphatic rings. The molecular formula is C13H8ClN3O2. The Morgan fingerprint density at radius 3 is 2.68 bits per heavy atom. The standard InChI is InChI=1S/C13H8ClN3O2/c14-10-6-3-7-11-15-12(16-17(10)11)8-4-1-2-5-9(8)13(18)19/h1-7H,(H,18,19). The van der Waals surface area contributed by atoms with E-state index < -0.39 is 5.97 Å². The number of aromatic carboxylic acids is 1. The first-order valence-corrected chi connectivity index (χ1v) is 5.88. The van der Waals surface area contributed by atoms with Crippen LogP contribution in [0, 0.1) is 0 Å². The summed E-state index contributed by atoms with van der Waals surface area (Å²) in [5.74, 6) is -0.674. The Kier molecular flexibility index (Phi) is 2.68. The van der Waals surface area contributed by atoms with Crippen LogP contribution < -0.4 is 0 Å². The first-order chi connectivity index (χ1) is 9.16. The lowest BCUT2D eigenvalue weighted by molar-refractivity contribution is 0.0697. The zero-order valence-electron chi connectivity index (χ0n) is 9.62. The van der Waals surface area contributed by atoms with E-state index in [9.17, 15) is 4.79 Å². The molecule has 19 heavy (non-hydrogen) atoms. The normalized spacial score (nSPS) is 10.8. The van der Waals surface area contributed by atoms with Crippen LogP contribution in [0.25, 0.3) is 17.0 Å². The van der Waals surface area contributed by atoms with Crippen LogP contribution in [0.4, 0.5) is 0 Å². The predicted molar refractivity (Wildman–Crippen MR) is 70.4 cm³/mol. The van der Waals surface area contributed by atoms with Gasteiger partial charge in [0.25, 0.3) is 0 Å². The topological polar surface area (TPSA) is 67.5 Å². The molecule has 0 unspecified atom stereocenters. The Balaban J connectivity index is 2.25. The molecule has 3 rings (SSSR count). The Morgan fingerprint density at radius 2 is 1.95 bits per heavy atom. The average Bonchev–Trinajstić information content (AvgIpc) is 2.84. The minimum absolute atomic E-state index is 0.162. The molecule has 94 valence electrons. The van der Waals surface area contributed by atoms with Crippen molar-refractivity contribution in [3.8, 4) is 11.4 Å². The molecule has 3 aromatic rings. The number of fused-ring (bicyclic) bond motifs is 1. The molecule has 0 saturated heterocycles. The lowest BCUT2D eigenvalue weighted by atomic mass is 10.1. The number of hydrogen-bond donors (Lipinski definition) is 1. The summed E-state index contributed by atoms with van der Waals surface area (Å²) in [6.07, 6.45) is 0. The number of pyridine rings is 1. The fourth-order valence-electron chi connectivity index (χ4n) is 1.85. The zero-order valence-corrected chi connectivity index (χ0v) is 10.4. The van der Waals surface area contributed by atoms with E-state index >= 15 is 0 Å². The van der Waals surface area contributed by atoms with Crippen LogP contribution >= 0.6 is 11.6 Å². The third kappa shape index (κ3) is 1.94. The molecule has 6 heteroatoms. The molecule has 2 aromatic heterocycles. The summed E-state index contributed by atoms with van der Waals surface area (Å²) in [5.41, 5.74) is 1.20. The summed E-state index contributed by atoms with van der Waals surface area (Å²) in [6.45, 7) is 0. The molecule has 1 aromatic carbocycles. The van der Waals surface area contributed by atoms with E-state index in [1.54, 1.807) is 36.4 Å². The van der Waals surface area contributed by atoms with Gasteiger partial charge in [-0.15, -0.1) is 5.10 Å². The highest BCUT2D eigenvalue weighted by atomic mass is 35.5. The van der Waals surface area contributed by atoms with Crippen LogP contribution in [0.5, 0.6) is 0 Å². The van der Waals surface area contributed by atoms with Crippen LogP contribution in [-0.2, 0) is 0 Å². The van der Waals surface area contributed by atoms with E-state index in [0.717, 1.165) is 0 Å². The molecule has 0 saturated carbocycles. The van der Waals surface area contributed by atoms with E-state index in [1.165, 1.54) is 10.6 Å². The number of halogens is 1. The van der Waals surface area contributed by atoms with Crippen LogP contribution in [0.2, 0.25) is 5.15 Å². The zero-order chi connectivity index (χ0) is 13.4. The molecule has 0 bridgehead atoms. The quantitative estimate of drug-likeness (QED) is 0.729. The van der Waals surface area contributed by atoms with Gasteiger partial charge in [0.1, 0.15) is 5.15 Å². The second-order valence-corrected chi connectivity index (χ2v) is 4.29. The summed E-state index contributed by atoms with van der Waals surface area (Å²) in [7, 11) is 0. The highest BCUT2D eigenvalue weighted by Gasteiger charge is 2.15. The molecule has 0 spiro atoms. The number of benzene rings is 1. The lowest BCUT2D eigenvalue weighted by Gasteiger charge is -2.00. The van der Waals surface area contributed by atoms with E-state index in [4.69, 9.17) is 16.7 Å². The third-order valence-corrected chi connectivity index (χ3v) is 3.00. The van der Waals surface area contributed by atoms with Gasteiger partial charge >= 0.3 is 5.97 Å². The van der Waals surface area contributed by atoms with Gasteiger partial charge in [-0.3, -0.25) is 0 Å². The van der Waals surface area contributed by atoms with Gasteiger partial charge in [-0.05, 0) is 18.2 Å². The first-order valence-electron chi connectivity index (χ1n) is 5.51. The summed E-state index contributed by atoms with van der Waals surface area (Å²) < 4.78 is 1.47. The van der Waals surface area contributed by atoms with E-state index in [2.05, 4.69) is 10.1 Å². The highest BCUT2D eigenvalue weighted by Crippen LogP contribution is 2.22. The smallest absolute Gasteiger partial charge is 0.336 e. The second-order valence-electron chi connectivity index (χ2n) is 3.90. The van der Waals surface area contributed by atoms with Crippen LogP contribution in [0.3, 0.4) is 0 Å². The van der Waals surface area contributed by atoms with Crippen LogP contribution in [0.1, 0.15) is 10.4 Å². The number of nitrogens with zero attached hydrogens (tertiary/aromatic N) is 3. The Labute approximate surface area is 113 Å². The summed E-state index contributed by atoms with van der Waals surface area (Å²) in [4.78, 5) is 15.5. The molecule has 0 aliphatic heterocycles. The predicted octanol–water partition coefficient (Wildman–Crippen LogP) is 2.75. The minimum atomic E-state index is -1.01. The van der Waals surface area contributed by atoms with Gasteiger partial charge in [0.15, 0.2) is 11.5 Å². The summed E-state index contributed by atoms with van der Waals surface area (Å²) in [5, 5.41) is 13.8. The Bertz CT molecular complexity index is 782. The van der Waals surface area contributed by atoms with Gasteiger partial charge in [0.05, 0.1) is 5.56 Å². The molecule has 0 aliphatic carbocycles. The largest absolute Gasteiger partial charge is 0.478 e. The van der Waals surface area contributed by atoms with Crippen LogP contribution in [-0.4, -0.2) is 25.7 Å². The minimum Gasteiger partial charge on any atom is -0.478 e. The molecule has 0 radical (unpaired) electrons. The van der Waals surface area contributed by atoms with Crippen molar-refractivity contribution in [3.63, 3.8) is 0 Å². The summed E-state index contributed by atoms with van der Waals surface area (Å²) in [6, 6.07) is 11.8. The number of hydrogen-bond acceptors (Lipinski definition) is 3. The van der Waals surface area contributed by atoms with Crippen molar-refractivity contribution in [2.24, 2.45) is 0 Å². The van der Waals surface area contributed by atoms with Crippen molar-refractivity contribution in [3.05, 3.63) is 53.2 Å². The fraction of sp³-hybridized carbons (Fsp3) is 0. The maximum Gasteiger partial charge on any atom is 0.336 e. The van der Waals surface area contributed by atoms with Crippen molar-refractivity contribution >= 4 is 23.2 Å². The van der Waals surface area contributed by atoms with Crippen molar-refractivity contribution < 1.29 is 9.90 Å². The van der Waals surface area contributed by atoms with Gasteiger partial charge in [0, 0.05) is 5.56 Å². The molecule has 5 nitrogen and oxygen atoms in total. The highest BCUT2D eigenvalue weighted by molar-refractivity contribution is 6.29. The monoisotopic (exact) mass is 273 g/mol. The van der Waals surface area contributed by atoms with Gasteiger partial charge in [-0.2, -0.15) is 0 Å². The summed E-state index contributed by atoms with van der Waals surface area (Å²) >= 11 is 6.00. The van der Waals surface area contributed by atoms with E-state index in [0.29, 0.717) is 22.2 Å². The number of carbonyl (C=O) groups is 1. The van der Waals surface area contributed by atoms with E-state index in [-0.39, 0.29) is 5.56 Å². The lowest BCUT2D eigenvalue weighted by Crippen LogP contribution is -2.00. The molecule has 1 N–H and O–H groups in total. The maximum atomic E-state index is 11.2. The average molecular weight is 274 g/mol. The van der Waals surface area contributed by atoms with Gasteiger partial charge in [0.2, 0.25) is 0 Å². The number of aromatic nitrogens is 3. The number of carboxylic acid groups (broad SMARTS) is 1. The Morgan fingerprint density at radius 1 is 1.16 bits per heavy atom. The molecule has 0 atom stereocenters. The van der Waals surface area contributed by atoms with Gasteiger partial charge in [-0.1, -0.05) is 35.9 Å². The molecular weight excluding hydrogens is 266 g/mol. The van der Waals surface area contributed by atoms with Gasteiger partial charge < -0.3 is 5.11 Å². The first kappa shape index (κ1) is 11.7. The molecule has 0 amide bonds.